The Bertz CT molecular complexity index is 505. The fraction of sp³-hybridized carbons (Fsp3) is 0.500. The van der Waals surface area contributed by atoms with E-state index < -0.39 is 0 Å². The lowest BCUT2D eigenvalue weighted by Gasteiger charge is -2.38. The second-order valence-corrected chi connectivity index (χ2v) is 6.09. The van der Waals surface area contributed by atoms with Crippen molar-refractivity contribution in [1.29, 1.82) is 0 Å². The van der Waals surface area contributed by atoms with E-state index >= 15 is 0 Å². The molecule has 2 aliphatic heterocycles. The number of anilines is 1. The molecule has 0 aliphatic carbocycles. The molecule has 2 saturated heterocycles. The number of carbonyl (C=O) groups excluding carboxylic acids is 1. The van der Waals surface area contributed by atoms with Crippen LogP contribution in [-0.2, 0) is 11.3 Å². The minimum Gasteiger partial charge on any atom is -0.366 e. The molecule has 2 atom stereocenters. The van der Waals surface area contributed by atoms with Crippen LogP contribution in [0.1, 0.15) is 18.4 Å². The maximum atomic E-state index is 11.8. The lowest BCUT2D eigenvalue weighted by molar-refractivity contribution is -0.122. The van der Waals surface area contributed by atoms with Crippen molar-refractivity contribution in [3.05, 3.63) is 28.2 Å². The van der Waals surface area contributed by atoms with Gasteiger partial charge in [-0.3, -0.25) is 4.79 Å². The third kappa shape index (κ3) is 2.25. The summed E-state index contributed by atoms with van der Waals surface area (Å²) >= 11 is 3.57. The first kappa shape index (κ1) is 12.9. The van der Waals surface area contributed by atoms with Crippen LogP contribution in [0.4, 0.5) is 5.69 Å². The summed E-state index contributed by atoms with van der Waals surface area (Å²) in [6.45, 7) is 2.32. The number of amides is 1. The number of benzene rings is 1. The third-order valence-electron chi connectivity index (χ3n) is 4.19. The summed E-state index contributed by atoms with van der Waals surface area (Å²) in [7, 11) is 0. The Balaban J connectivity index is 1.89. The van der Waals surface area contributed by atoms with E-state index in [4.69, 9.17) is 5.73 Å². The largest absolute Gasteiger partial charge is 0.366 e. The maximum absolute atomic E-state index is 11.8. The molecule has 0 spiro atoms. The second kappa shape index (κ2) is 5.13. The number of nitrogens with zero attached hydrogens (tertiary/aromatic N) is 1. The van der Waals surface area contributed by atoms with Crippen LogP contribution in [0.25, 0.3) is 0 Å². The van der Waals surface area contributed by atoms with Gasteiger partial charge >= 0.3 is 0 Å². The van der Waals surface area contributed by atoms with E-state index in [1.54, 1.807) is 0 Å². The van der Waals surface area contributed by atoms with E-state index in [1.807, 2.05) is 0 Å². The van der Waals surface area contributed by atoms with Gasteiger partial charge in [-0.2, -0.15) is 0 Å². The molecule has 0 bridgehead atoms. The molecule has 0 radical (unpaired) electrons. The zero-order valence-electron chi connectivity index (χ0n) is 10.7. The number of fused-ring (bicyclic) bond motifs is 1. The average Bonchev–Trinajstić information content (AvgIpc) is 2.80. The number of piperidine rings is 1. The zero-order chi connectivity index (χ0) is 13.4. The lowest BCUT2D eigenvalue weighted by atomic mass is 9.91. The van der Waals surface area contributed by atoms with E-state index in [-0.39, 0.29) is 11.8 Å². The number of hydrogen-bond donors (Lipinski definition) is 2. The van der Waals surface area contributed by atoms with Gasteiger partial charge in [-0.15, -0.1) is 0 Å². The zero-order valence-corrected chi connectivity index (χ0v) is 12.3. The Labute approximate surface area is 121 Å². The predicted molar refractivity (Wildman–Crippen MR) is 78.9 cm³/mol. The van der Waals surface area contributed by atoms with Gasteiger partial charge in [0.2, 0.25) is 5.91 Å². The molecular formula is C14H18BrN3O. The van der Waals surface area contributed by atoms with Crippen LogP contribution in [0, 0.1) is 5.92 Å². The van der Waals surface area contributed by atoms with Crippen LogP contribution in [0.5, 0.6) is 0 Å². The molecule has 102 valence electrons. The molecule has 0 aromatic heterocycles. The summed E-state index contributed by atoms with van der Waals surface area (Å²) in [5.74, 6) is 0.369. The van der Waals surface area contributed by atoms with E-state index in [0.29, 0.717) is 12.6 Å². The van der Waals surface area contributed by atoms with Crippen molar-refractivity contribution in [2.45, 2.75) is 25.4 Å². The number of nitrogens with one attached hydrogen (secondary N) is 1. The van der Waals surface area contributed by atoms with Crippen molar-refractivity contribution < 1.29 is 4.79 Å². The molecule has 1 aromatic rings. The Morgan fingerprint density at radius 2 is 2.32 bits per heavy atom. The van der Waals surface area contributed by atoms with E-state index in [1.165, 1.54) is 5.69 Å². The average molecular weight is 324 g/mol. The van der Waals surface area contributed by atoms with Gasteiger partial charge in [0.15, 0.2) is 0 Å². The molecule has 1 amide bonds. The van der Waals surface area contributed by atoms with Gasteiger partial charge in [0.1, 0.15) is 0 Å². The van der Waals surface area contributed by atoms with Gasteiger partial charge in [-0.25, -0.2) is 0 Å². The van der Waals surface area contributed by atoms with Crippen LogP contribution in [-0.4, -0.2) is 25.0 Å². The first-order chi connectivity index (χ1) is 9.20. The second-order valence-electron chi connectivity index (χ2n) is 5.23. The van der Waals surface area contributed by atoms with Crippen LogP contribution in [0.2, 0.25) is 0 Å². The first-order valence-electron chi connectivity index (χ1n) is 6.73. The van der Waals surface area contributed by atoms with Crippen molar-refractivity contribution in [1.82, 2.24) is 5.32 Å². The van der Waals surface area contributed by atoms with Gasteiger partial charge in [0, 0.05) is 29.8 Å². The van der Waals surface area contributed by atoms with E-state index in [2.05, 4.69) is 44.3 Å². The monoisotopic (exact) mass is 323 g/mol. The quantitative estimate of drug-likeness (QED) is 0.869. The Morgan fingerprint density at radius 1 is 1.47 bits per heavy atom. The molecular weight excluding hydrogens is 306 g/mol. The molecule has 2 heterocycles. The molecule has 2 unspecified atom stereocenters. The fourth-order valence-corrected chi connectivity index (χ4v) is 3.68. The highest BCUT2D eigenvalue weighted by atomic mass is 79.9. The van der Waals surface area contributed by atoms with Crippen molar-refractivity contribution in [3.63, 3.8) is 0 Å². The summed E-state index contributed by atoms with van der Waals surface area (Å²) in [4.78, 5) is 14.1. The molecule has 4 nitrogen and oxygen atoms in total. The number of halogens is 1. The summed E-state index contributed by atoms with van der Waals surface area (Å²) in [5.41, 5.74) is 7.97. The lowest BCUT2D eigenvalue weighted by Crippen LogP contribution is -2.45. The van der Waals surface area contributed by atoms with Gasteiger partial charge in [0.25, 0.3) is 0 Å². The first-order valence-corrected chi connectivity index (χ1v) is 7.53. The highest BCUT2D eigenvalue weighted by Gasteiger charge is 2.40. The third-order valence-corrected chi connectivity index (χ3v) is 4.93. The topological polar surface area (TPSA) is 58.4 Å². The van der Waals surface area contributed by atoms with Crippen molar-refractivity contribution in [2.24, 2.45) is 11.7 Å². The minimum atomic E-state index is 0.154. The molecule has 3 rings (SSSR count). The van der Waals surface area contributed by atoms with Gasteiger partial charge in [-0.05, 0) is 30.5 Å². The summed E-state index contributed by atoms with van der Waals surface area (Å²) in [6.07, 6.45) is 2.08. The predicted octanol–water partition coefficient (Wildman–Crippen LogP) is 1.62. The van der Waals surface area contributed by atoms with Gasteiger partial charge < -0.3 is 16.0 Å². The van der Waals surface area contributed by atoms with Crippen molar-refractivity contribution in [3.8, 4) is 0 Å². The van der Waals surface area contributed by atoms with Crippen molar-refractivity contribution in [2.75, 3.05) is 18.0 Å². The van der Waals surface area contributed by atoms with Crippen molar-refractivity contribution >= 4 is 27.5 Å². The Hall–Kier alpha value is -1.07. The van der Waals surface area contributed by atoms with E-state index in [0.717, 1.165) is 36.0 Å². The number of hydrogen-bond acceptors (Lipinski definition) is 3. The SMILES string of the molecule is NCc1ccc(N2CCCC3C(=O)NCC32)cc1Br. The molecule has 19 heavy (non-hydrogen) atoms. The Morgan fingerprint density at radius 3 is 3.05 bits per heavy atom. The summed E-state index contributed by atoms with van der Waals surface area (Å²) in [6, 6.07) is 6.59. The molecule has 5 heteroatoms. The number of nitrogens with two attached hydrogens (primary N) is 1. The summed E-state index contributed by atoms with van der Waals surface area (Å²) < 4.78 is 1.05. The maximum Gasteiger partial charge on any atom is 0.225 e. The molecule has 2 aliphatic rings. The molecule has 2 fully saturated rings. The fourth-order valence-electron chi connectivity index (χ4n) is 3.15. The number of rotatable bonds is 2. The van der Waals surface area contributed by atoms with Crippen LogP contribution < -0.4 is 16.0 Å². The standard InChI is InChI=1S/C14H18BrN3O/c15-12-6-10(4-3-9(12)7-16)18-5-1-2-11-13(18)8-17-14(11)19/h3-4,6,11,13H,1-2,5,7-8,16H2,(H,17,19). The molecule has 0 saturated carbocycles. The Kier molecular flexibility index (Phi) is 3.50. The van der Waals surface area contributed by atoms with Crippen LogP contribution in [0.3, 0.4) is 0 Å². The van der Waals surface area contributed by atoms with Crippen LogP contribution >= 0.6 is 15.9 Å². The highest BCUT2D eigenvalue weighted by Crippen LogP contribution is 2.33. The van der Waals surface area contributed by atoms with Gasteiger partial charge in [0.05, 0.1) is 12.0 Å². The molecule has 3 N–H and O–H groups in total. The smallest absolute Gasteiger partial charge is 0.225 e. The van der Waals surface area contributed by atoms with Crippen LogP contribution in [0.15, 0.2) is 22.7 Å². The highest BCUT2D eigenvalue weighted by molar-refractivity contribution is 9.10. The minimum absolute atomic E-state index is 0.154. The van der Waals surface area contributed by atoms with Gasteiger partial charge in [-0.1, -0.05) is 22.0 Å². The number of carbonyl (C=O) groups is 1. The summed E-state index contributed by atoms with van der Waals surface area (Å²) in [5, 5.41) is 2.99. The normalized spacial score (nSPS) is 26.2. The van der Waals surface area contributed by atoms with E-state index in [9.17, 15) is 4.79 Å². The molecule has 1 aromatic carbocycles.